The van der Waals surface area contributed by atoms with Gasteiger partial charge in [0.05, 0.1) is 0 Å². The Hall–Kier alpha value is -1.81. The largest absolute Gasteiger partial charge is 0.313 e. The number of carbonyl (C=O) groups is 3. The number of rotatable bonds is 15. The van der Waals surface area contributed by atoms with Gasteiger partial charge in [0.25, 0.3) is 0 Å². The molecule has 30 heavy (non-hydrogen) atoms. The van der Waals surface area contributed by atoms with Gasteiger partial charge in [-0.1, -0.05) is 102 Å². The number of unbranched alkanes of at least 4 members (excludes halogenated alkanes) is 9. The minimum Gasteiger partial charge on any atom is -0.313 e. The van der Waals surface area contributed by atoms with Gasteiger partial charge >= 0.3 is 0 Å². The molecule has 0 heterocycles. The molecule has 1 aromatic rings. The Labute approximate surface area is 182 Å². The lowest BCUT2D eigenvalue weighted by Crippen LogP contribution is -2.49. The number of carbonyl (C=O) groups excluding carboxylic acids is 3. The molecule has 0 fully saturated rings. The maximum atomic E-state index is 13.1. The molecule has 0 aromatic heterocycles. The normalized spacial score (nSPS) is 17.3. The van der Waals surface area contributed by atoms with Gasteiger partial charge in [-0.05, 0) is 19.4 Å². The van der Waals surface area contributed by atoms with E-state index in [-0.39, 0.29) is 17.4 Å². The number of nitrogens with one attached hydrogen (secondary N) is 1. The molecule has 166 valence electrons. The Morgan fingerprint density at radius 3 is 1.93 bits per heavy atom. The Balaban J connectivity index is 1.93. The van der Waals surface area contributed by atoms with Crippen molar-refractivity contribution in [3.8, 4) is 0 Å². The zero-order valence-corrected chi connectivity index (χ0v) is 18.9. The zero-order chi connectivity index (χ0) is 21.8. The van der Waals surface area contributed by atoms with Crippen LogP contribution in [0.5, 0.6) is 0 Å². The first-order valence-corrected chi connectivity index (χ1v) is 12.1. The van der Waals surface area contributed by atoms with Crippen LogP contribution in [-0.2, 0) is 4.79 Å². The molecule has 0 spiro atoms. The fraction of sp³-hybridized carbons (Fsp3) is 0.654. The van der Waals surface area contributed by atoms with Gasteiger partial charge in [-0.25, -0.2) is 0 Å². The number of hydrogen-bond acceptors (Lipinski definition) is 4. The summed E-state index contributed by atoms with van der Waals surface area (Å²) in [5, 5.41) is 3.43. The summed E-state index contributed by atoms with van der Waals surface area (Å²) in [5.74, 6) is -2.12. The summed E-state index contributed by atoms with van der Waals surface area (Å²) in [6.45, 7) is 5.12. The molecular weight excluding hydrogens is 374 g/mol. The van der Waals surface area contributed by atoms with Gasteiger partial charge < -0.3 is 5.32 Å². The highest BCUT2D eigenvalue weighted by molar-refractivity contribution is 6.52. The van der Waals surface area contributed by atoms with E-state index < -0.39 is 17.5 Å². The summed E-state index contributed by atoms with van der Waals surface area (Å²) < 4.78 is 0. The van der Waals surface area contributed by atoms with Crippen LogP contribution in [0.2, 0.25) is 0 Å². The van der Waals surface area contributed by atoms with Gasteiger partial charge in [0, 0.05) is 17.2 Å². The lowest BCUT2D eigenvalue weighted by Gasteiger charge is -2.29. The summed E-state index contributed by atoms with van der Waals surface area (Å²) in [7, 11) is 0. The van der Waals surface area contributed by atoms with Crippen molar-refractivity contribution in [3.05, 3.63) is 35.4 Å². The quantitative estimate of drug-likeness (QED) is 0.220. The van der Waals surface area contributed by atoms with Crippen LogP contribution in [0, 0.1) is 5.92 Å². The second kappa shape index (κ2) is 13.5. The second-order valence-electron chi connectivity index (χ2n) is 8.61. The average Bonchev–Trinajstić information content (AvgIpc) is 2.76. The minimum absolute atomic E-state index is 0.194. The minimum atomic E-state index is -0.877. The van der Waals surface area contributed by atoms with Gasteiger partial charge in [0.2, 0.25) is 11.6 Å². The molecule has 0 radical (unpaired) electrons. The molecule has 2 unspecified atom stereocenters. The number of fused-ring (bicyclic) bond motifs is 1. The van der Waals surface area contributed by atoms with E-state index in [4.69, 9.17) is 0 Å². The lowest BCUT2D eigenvalue weighted by molar-refractivity contribution is -0.118. The molecule has 2 rings (SSSR count). The van der Waals surface area contributed by atoms with Crippen molar-refractivity contribution in [3.63, 3.8) is 0 Å². The standard InChI is InChI=1S/C26H39NO3/c1-3-5-7-8-9-10-11-12-13-18-22(27-19-6-4-2)23-24(28)20-16-14-15-17-21(20)25(29)26(23)30/h14-17,22-23,27H,3-13,18-19H2,1-2H3. The number of Topliss-reactive ketones (excluding diaryl/α,β-unsaturated/α-hetero) is 3. The molecule has 0 saturated carbocycles. The number of benzene rings is 1. The predicted octanol–water partition coefficient (Wildman–Crippen LogP) is 5.93. The smallest absolute Gasteiger partial charge is 0.230 e. The van der Waals surface area contributed by atoms with Gasteiger partial charge in [-0.15, -0.1) is 0 Å². The molecule has 0 aliphatic heterocycles. The predicted molar refractivity (Wildman–Crippen MR) is 122 cm³/mol. The van der Waals surface area contributed by atoms with Crippen LogP contribution in [0.4, 0.5) is 0 Å². The Kier molecular flexibility index (Phi) is 11.0. The Morgan fingerprint density at radius 2 is 1.30 bits per heavy atom. The number of ketones is 3. The maximum absolute atomic E-state index is 13.1. The van der Waals surface area contributed by atoms with E-state index in [2.05, 4.69) is 19.2 Å². The van der Waals surface area contributed by atoms with Crippen LogP contribution < -0.4 is 5.32 Å². The molecular formula is C26H39NO3. The first-order chi connectivity index (χ1) is 14.6. The third kappa shape index (κ3) is 6.87. The van der Waals surface area contributed by atoms with Crippen molar-refractivity contribution in [1.29, 1.82) is 0 Å². The van der Waals surface area contributed by atoms with Crippen molar-refractivity contribution >= 4 is 17.3 Å². The highest BCUT2D eigenvalue weighted by Crippen LogP contribution is 2.27. The van der Waals surface area contributed by atoms with E-state index in [1.54, 1.807) is 24.3 Å². The van der Waals surface area contributed by atoms with Crippen LogP contribution in [-0.4, -0.2) is 29.9 Å². The Bertz CT molecular complexity index is 697. The summed E-state index contributed by atoms with van der Waals surface area (Å²) in [5.41, 5.74) is 0.667. The first kappa shape index (κ1) is 24.5. The molecule has 2 atom stereocenters. The van der Waals surface area contributed by atoms with E-state index in [9.17, 15) is 14.4 Å². The van der Waals surface area contributed by atoms with Crippen LogP contribution in [0.1, 0.15) is 112 Å². The van der Waals surface area contributed by atoms with Crippen LogP contribution in [0.15, 0.2) is 24.3 Å². The third-order valence-electron chi connectivity index (χ3n) is 6.18. The summed E-state index contributed by atoms with van der Waals surface area (Å²) in [6, 6.07) is 6.48. The third-order valence-corrected chi connectivity index (χ3v) is 6.18. The highest BCUT2D eigenvalue weighted by Gasteiger charge is 2.43. The van der Waals surface area contributed by atoms with E-state index in [1.165, 1.54) is 44.9 Å². The molecule has 0 bridgehead atoms. The van der Waals surface area contributed by atoms with Gasteiger partial charge in [-0.2, -0.15) is 0 Å². The molecule has 0 saturated heterocycles. The fourth-order valence-corrected chi connectivity index (χ4v) is 4.35. The van der Waals surface area contributed by atoms with Crippen LogP contribution in [0.3, 0.4) is 0 Å². The SMILES string of the molecule is CCCCCCCCCCCC(NCCCC)C1C(=O)C(=O)c2ccccc2C1=O. The van der Waals surface area contributed by atoms with Crippen LogP contribution in [0.25, 0.3) is 0 Å². The van der Waals surface area contributed by atoms with Crippen molar-refractivity contribution in [2.24, 2.45) is 5.92 Å². The van der Waals surface area contributed by atoms with Crippen molar-refractivity contribution in [1.82, 2.24) is 5.32 Å². The van der Waals surface area contributed by atoms with E-state index in [0.29, 0.717) is 5.56 Å². The van der Waals surface area contributed by atoms with Gasteiger partial charge in [-0.3, -0.25) is 14.4 Å². The lowest BCUT2D eigenvalue weighted by atomic mass is 9.76. The summed E-state index contributed by atoms with van der Waals surface area (Å²) in [4.78, 5) is 38.5. The van der Waals surface area contributed by atoms with Crippen molar-refractivity contribution in [2.45, 2.75) is 96.9 Å². The van der Waals surface area contributed by atoms with Gasteiger partial charge in [0.15, 0.2) is 5.78 Å². The summed E-state index contributed by atoms with van der Waals surface area (Å²) in [6.07, 6.45) is 13.9. The van der Waals surface area contributed by atoms with E-state index >= 15 is 0 Å². The Morgan fingerprint density at radius 1 is 0.733 bits per heavy atom. The van der Waals surface area contributed by atoms with E-state index in [1.807, 2.05) is 0 Å². The molecule has 4 nitrogen and oxygen atoms in total. The fourth-order valence-electron chi connectivity index (χ4n) is 4.35. The zero-order valence-electron chi connectivity index (χ0n) is 18.9. The molecule has 1 aromatic carbocycles. The topological polar surface area (TPSA) is 63.2 Å². The molecule has 1 aliphatic carbocycles. The highest BCUT2D eigenvalue weighted by atomic mass is 16.2. The second-order valence-corrected chi connectivity index (χ2v) is 8.61. The molecule has 1 aliphatic rings. The van der Waals surface area contributed by atoms with Gasteiger partial charge in [0.1, 0.15) is 5.92 Å². The molecule has 4 heteroatoms. The van der Waals surface area contributed by atoms with E-state index in [0.717, 1.165) is 38.6 Å². The van der Waals surface area contributed by atoms with Crippen molar-refractivity contribution < 1.29 is 14.4 Å². The summed E-state index contributed by atoms with van der Waals surface area (Å²) >= 11 is 0. The van der Waals surface area contributed by atoms with Crippen molar-refractivity contribution in [2.75, 3.05) is 6.54 Å². The van der Waals surface area contributed by atoms with Crippen LogP contribution >= 0.6 is 0 Å². The molecule has 0 amide bonds. The molecule has 1 N–H and O–H groups in total. The first-order valence-electron chi connectivity index (χ1n) is 12.1. The number of hydrogen-bond donors (Lipinski definition) is 1. The maximum Gasteiger partial charge on any atom is 0.230 e. The average molecular weight is 414 g/mol. The monoisotopic (exact) mass is 413 g/mol.